The summed E-state index contributed by atoms with van der Waals surface area (Å²) in [6.45, 7) is 3.85. The zero-order valence-electron chi connectivity index (χ0n) is 13.6. The minimum atomic E-state index is 0.852. The molecule has 0 amide bonds. The Labute approximate surface area is 140 Å². The third-order valence-electron chi connectivity index (χ3n) is 4.28. The molecular weight excluding hydrogens is 298 g/mol. The minimum absolute atomic E-state index is 0.852. The molecule has 0 aliphatic rings. The first-order valence-corrected chi connectivity index (χ1v) is 8.17. The Bertz CT molecular complexity index is 984. The van der Waals surface area contributed by atoms with Crippen molar-refractivity contribution in [3.63, 3.8) is 0 Å². The monoisotopic (exact) mass is 317 g/mol. The molecule has 3 heterocycles. The van der Waals surface area contributed by atoms with Crippen LogP contribution in [-0.2, 0) is 6.54 Å². The van der Waals surface area contributed by atoms with E-state index in [0.717, 1.165) is 36.1 Å². The fourth-order valence-corrected chi connectivity index (χ4v) is 3.01. The predicted molar refractivity (Wildman–Crippen MR) is 97.1 cm³/mol. The van der Waals surface area contributed by atoms with E-state index < -0.39 is 0 Å². The van der Waals surface area contributed by atoms with E-state index in [1.54, 1.807) is 0 Å². The average molecular weight is 317 g/mol. The van der Waals surface area contributed by atoms with Gasteiger partial charge in [-0.1, -0.05) is 12.1 Å². The van der Waals surface area contributed by atoms with E-state index >= 15 is 0 Å². The lowest BCUT2D eigenvalue weighted by Crippen LogP contribution is -2.08. The number of rotatable bonds is 5. The summed E-state index contributed by atoms with van der Waals surface area (Å²) in [6.07, 6.45) is 8.42. The SMILES string of the molecule is Cc1cccc2c1cnn2CCCNc1cncc2cccnc12. The van der Waals surface area contributed by atoms with Gasteiger partial charge in [0.05, 0.1) is 29.1 Å². The molecular formula is C19H19N5. The van der Waals surface area contributed by atoms with E-state index in [2.05, 4.69) is 50.2 Å². The van der Waals surface area contributed by atoms with Gasteiger partial charge in [-0.3, -0.25) is 14.6 Å². The van der Waals surface area contributed by atoms with Gasteiger partial charge >= 0.3 is 0 Å². The molecule has 24 heavy (non-hydrogen) atoms. The van der Waals surface area contributed by atoms with Gasteiger partial charge in [-0.15, -0.1) is 0 Å². The summed E-state index contributed by atoms with van der Waals surface area (Å²) in [7, 11) is 0. The number of nitrogens with one attached hydrogen (secondary N) is 1. The molecule has 5 heteroatoms. The van der Waals surface area contributed by atoms with Crippen molar-refractivity contribution in [2.24, 2.45) is 0 Å². The Morgan fingerprint density at radius 3 is 3.00 bits per heavy atom. The van der Waals surface area contributed by atoms with Gasteiger partial charge in [-0.05, 0) is 37.1 Å². The average Bonchev–Trinajstić information content (AvgIpc) is 3.03. The number of hydrogen-bond acceptors (Lipinski definition) is 4. The zero-order valence-corrected chi connectivity index (χ0v) is 13.6. The lowest BCUT2D eigenvalue weighted by Gasteiger charge is -2.09. The van der Waals surface area contributed by atoms with E-state index in [9.17, 15) is 0 Å². The highest BCUT2D eigenvalue weighted by Gasteiger charge is 2.05. The van der Waals surface area contributed by atoms with E-state index in [4.69, 9.17) is 0 Å². The number of anilines is 1. The number of hydrogen-bond donors (Lipinski definition) is 1. The molecule has 0 bridgehead atoms. The first-order valence-electron chi connectivity index (χ1n) is 8.17. The molecule has 0 aliphatic carbocycles. The Kier molecular flexibility index (Phi) is 3.83. The van der Waals surface area contributed by atoms with Crippen LogP contribution >= 0.6 is 0 Å². The molecule has 1 aromatic carbocycles. The summed E-state index contributed by atoms with van der Waals surface area (Å²) in [5.74, 6) is 0. The van der Waals surface area contributed by atoms with Crippen LogP contribution in [0, 0.1) is 6.92 Å². The van der Waals surface area contributed by atoms with Crippen molar-refractivity contribution >= 4 is 27.5 Å². The van der Waals surface area contributed by atoms with E-state index in [1.807, 2.05) is 36.9 Å². The topological polar surface area (TPSA) is 55.6 Å². The Hall–Kier alpha value is -2.95. The molecule has 0 saturated heterocycles. The summed E-state index contributed by atoms with van der Waals surface area (Å²) in [4.78, 5) is 8.71. The Morgan fingerprint density at radius 2 is 2.04 bits per heavy atom. The molecule has 5 nitrogen and oxygen atoms in total. The van der Waals surface area contributed by atoms with E-state index in [-0.39, 0.29) is 0 Å². The summed E-state index contributed by atoms with van der Waals surface area (Å²) >= 11 is 0. The number of aromatic nitrogens is 4. The summed E-state index contributed by atoms with van der Waals surface area (Å²) in [6, 6.07) is 10.3. The molecule has 0 spiro atoms. The summed E-state index contributed by atoms with van der Waals surface area (Å²) < 4.78 is 2.07. The second kappa shape index (κ2) is 6.28. The minimum Gasteiger partial charge on any atom is -0.382 e. The summed E-state index contributed by atoms with van der Waals surface area (Å²) in [5, 5.41) is 10.2. The van der Waals surface area contributed by atoms with Crippen LogP contribution in [0.1, 0.15) is 12.0 Å². The Morgan fingerprint density at radius 1 is 1.08 bits per heavy atom. The van der Waals surface area contributed by atoms with Gasteiger partial charge in [0.15, 0.2) is 0 Å². The van der Waals surface area contributed by atoms with Gasteiger partial charge in [-0.2, -0.15) is 5.10 Å². The van der Waals surface area contributed by atoms with Gasteiger partial charge in [0, 0.05) is 36.3 Å². The number of benzene rings is 1. The van der Waals surface area contributed by atoms with Crippen LogP contribution in [-0.4, -0.2) is 26.3 Å². The molecule has 4 rings (SSSR count). The van der Waals surface area contributed by atoms with E-state index in [0.29, 0.717) is 0 Å². The lowest BCUT2D eigenvalue weighted by atomic mass is 10.1. The Balaban J connectivity index is 1.43. The van der Waals surface area contributed by atoms with Crippen molar-refractivity contribution < 1.29 is 0 Å². The molecule has 120 valence electrons. The van der Waals surface area contributed by atoms with Crippen LogP contribution in [0.15, 0.2) is 55.1 Å². The number of nitrogens with zero attached hydrogens (tertiary/aromatic N) is 4. The van der Waals surface area contributed by atoms with Crippen molar-refractivity contribution in [3.05, 3.63) is 60.7 Å². The van der Waals surface area contributed by atoms with Crippen LogP contribution < -0.4 is 5.32 Å². The smallest absolute Gasteiger partial charge is 0.0964 e. The van der Waals surface area contributed by atoms with Gasteiger partial charge in [0.25, 0.3) is 0 Å². The summed E-state index contributed by atoms with van der Waals surface area (Å²) in [5.41, 5.74) is 4.41. The zero-order chi connectivity index (χ0) is 16.4. The fourth-order valence-electron chi connectivity index (χ4n) is 3.01. The molecule has 0 fully saturated rings. The lowest BCUT2D eigenvalue weighted by molar-refractivity contribution is 0.610. The number of fused-ring (bicyclic) bond motifs is 2. The highest BCUT2D eigenvalue weighted by Crippen LogP contribution is 2.20. The van der Waals surface area contributed by atoms with Crippen molar-refractivity contribution in [2.45, 2.75) is 19.9 Å². The van der Waals surface area contributed by atoms with Crippen molar-refractivity contribution in [3.8, 4) is 0 Å². The number of aryl methyl sites for hydroxylation is 2. The fraction of sp³-hybridized carbons (Fsp3) is 0.211. The maximum Gasteiger partial charge on any atom is 0.0964 e. The van der Waals surface area contributed by atoms with Gasteiger partial charge < -0.3 is 5.32 Å². The van der Waals surface area contributed by atoms with Gasteiger partial charge in [0.1, 0.15) is 0 Å². The first kappa shape index (κ1) is 14.6. The molecule has 3 aromatic heterocycles. The highest BCUT2D eigenvalue weighted by atomic mass is 15.3. The predicted octanol–water partition coefficient (Wildman–Crippen LogP) is 3.79. The second-order valence-corrected chi connectivity index (χ2v) is 5.92. The maximum absolute atomic E-state index is 4.51. The van der Waals surface area contributed by atoms with Crippen molar-refractivity contribution in [1.29, 1.82) is 0 Å². The van der Waals surface area contributed by atoms with Crippen LogP contribution in [0.3, 0.4) is 0 Å². The van der Waals surface area contributed by atoms with Crippen molar-refractivity contribution in [2.75, 3.05) is 11.9 Å². The molecule has 1 N–H and O–H groups in total. The maximum atomic E-state index is 4.51. The van der Waals surface area contributed by atoms with Gasteiger partial charge in [-0.25, -0.2) is 0 Å². The molecule has 4 aromatic rings. The second-order valence-electron chi connectivity index (χ2n) is 5.92. The largest absolute Gasteiger partial charge is 0.382 e. The molecule has 0 atom stereocenters. The van der Waals surface area contributed by atoms with Gasteiger partial charge in [0.2, 0.25) is 0 Å². The third-order valence-corrected chi connectivity index (χ3v) is 4.28. The van der Waals surface area contributed by atoms with Crippen LogP contribution in [0.25, 0.3) is 21.8 Å². The normalized spacial score (nSPS) is 11.2. The van der Waals surface area contributed by atoms with Crippen LogP contribution in [0.4, 0.5) is 5.69 Å². The van der Waals surface area contributed by atoms with Crippen LogP contribution in [0.5, 0.6) is 0 Å². The van der Waals surface area contributed by atoms with E-state index in [1.165, 1.54) is 16.5 Å². The highest BCUT2D eigenvalue weighted by molar-refractivity contribution is 5.88. The number of pyridine rings is 2. The van der Waals surface area contributed by atoms with Crippen LogP contribution in [0.2, 0.25) is 0 Å². The standard InChI is InChI=1S/C19H19N5/c1-14-5-2-7-18-16(14)12-23-24(18)10-4-9-21-17-13-20-11-15-6-3-8-22-19(15)17/h2-3,5-8,11-13,21H,4,9-10H2,1H3. The molecule has 0 saturated carbocycles. The van der Waals surface area contributed by atoms with Crippen molar-refractivity contribution in [1.82, 2.24) is 19.7 Å². The molecule has 0 aliphatic heterocycles. The third kappa shape index (κ3) is 2.69. The quantitative estimate of drug-likeness (QED) is 0.569. The molecule has 0 radical (unpaired) electrons. The first-order chi connectivity index (χ1) is 11.8. The molecule has 0 unspecified atom stereocenters.